The van der Waals surface area contributed by atoms with Crippen LogP contribution in [0.2, 0.25) is 0 Å². The summed E-state index contributed by atoms with van der Waals surface area (Å²) < 4.78 is 39.4. The zero-order valence-electron chi connectivity index (χ0n) is 12.9. The maximum Gasteiger partial charge on any atom is 0.233 e. The van der Waals surface area contributed by atoms with Crippen LogP contribution in [0.4, 0.5) is 18.9 Å². The van der Waals surface area contributed by atoms with Gasteiger partial charge in [0.25, 0.3) is 0 Å². The lowest BCUT2D eigenvalue weighted by Crippen LogP contribution is -2.30. The lowest BCUT2D eigenvalue weighted by Gasteiger charge is -2.17. The Bertz CT molecular complexity index is 751. The summed E-state index contributed by atoms with van der Waals surface area (Å²) in [5.41, 5.74) is 0.373. The standard InChI is InChI=1S/C17H15F3N2O2/c1-22(10-11-5-3-2-4-6-11)15(24)9-14(23)21-13-8-7-12(18)16(19)17(13)20/h2-8H,9-10H2,1H3,(H,21,23). The summed E-state index contributed by atoms with van der Waals surface area (Å²) in [5.74, 6) is -5.85. The second kappa shape index (κ2) is 7.63. The lowest BCUT2D eigenvalue weighted by atomic mass is 10.2. The fraction of sp³-hybridized carbons (Fsp3) is 0.176. The highest BCUT2D eigenvalue weighted by Crippen LogP contribution is 2.19. The Balaban J connectivity index is 1.94. The molecule has 0 aliphatic heterocycles. The number of hydrogen-bond acceptors (Lipinski definition) is 2. The van der Waals surface area contributed by atoms with Crippen molar-refractivity contribution < 1.29 is 22.8 Å². The quantitative estimate of drug-likeness (QED) is 0.674. The Morgan fingerprint density at radius 1 is 1.00 bits per heavy atom. The molecule has 0 aliphatic carbocycles. The van der Waals surface area contributed by atoms with Gasteiger partial charge in [-0.15, -0.1) is 0 Å². The van der Waals surface area contributed by atoms with Crippen LogP contribution in [0.5, 0.6) is 0 Å². The minimum Gasteiger partial charge on any atom is -0.341 e. The van der Waals surface area contributed by atoms with Crippen LogP contribution >= 0.6 is 0 Å². The normalized spacial score (nSPS) is 10.3. The van der Waals surface area contributed by atoms with Crippen molar-refractivity contribution in [3.05, 3.63) is 65.5 Å². The molecule has 0 atom stereocenters. The minimum atomic E-state index is -1.68. The summed E-state index contributed by atoms with van der Waals surface area (Å²) in [6, 6.07) is 10.7. The number of amides is 2. The van der Waals surface area contributed by atoms with Gasteiger partial charge in [0.05, 0.1) is 5.69 Å². The number of nitrogens with zero attached hydrogens (tertiary/aromatic N) is 1. The zero-order chi connectivity index (χ0) is 17.7. The fourth-order valence-electron chi connectivity index (χ4n) is 2.03. The molecule has 0 aliphatic rings. The van der Waals surface area contributed by atoms with Crippen molar-refractivity contribution in [3.63, 3.8) is 0 Å². The van der Waals surface area contributed by atoms with Crippen molar-refractivity contribution >= 4 is 17.5 Å². The maximum absolute atomic E-state index is 13.5. The third kappa shape index (κ3) is 4.34. The van der Waals surface area contributed by atoms with E-state index in [1.54, 1.807) is 0 Å². The van der Waals surface area contributed by atoms with Gasteiger partial charge in [-0.2, -0.15) is 0 Å². The van der Waals surface area contributed by atoms with E-state index in [4.69, 9.17) is 0 Å². The van der Waals surface area contributed by atoms with E-state index >= 15 is 0 Å². The average Bonchev–Trinajstić information content (AvgIpc) is 2.56. The van der Waals surface area contributed by atoms with Gasteiger partial charge >= 0.3 is 0 Å². The van der Waals surface area contributed by atoms with Gasteiger partial charge in [-0.05, 0) is 17.7 Å². The molecule has 126 valence electrons. The second-order valence-electron chi connectivity index (χ2n) is 5.18. The van der Waals surface area contributed by atoms with Crippen molar-refractivity contribution in [2.75, 3.05) is 12.4 Å². The summed E-state index contributed by atoms with van der Waals surface area (Å²) >= 11 is 0. The van der Waals surface area contributed by atoms with Crippen LogP contribution in [-0.2, 0) is 16.1 Å². The topological polar surface area (TPSA) is 49.4 Å². The highest BCUT2D eigenvalue weighted by Gasteiger charge is 2.18. The van der Waals surface area contributed by atoms with Crippen LogP contribution < -0.4 is 5.32 Å². The molecule has 24 heavy (non-hydrogen) atoms. The molecule has 2 aromatic carbocycles. The van der Waals surface area contributed by atoms with Gasteiger partial charge in [0.2, 0.25) is 11.8 Å². The number of carbonyl (C=O) groups excluding carboxylic acids is 2. The Kier molecular flexibility index (Phi) is 5.57. The van der Waals surface area contributed by atoms with E-state index in [9.17, 15) is 22.8 Å². The molecular formula is C17H15F3N2O2. The number of hydrogen-bond donors (Lipinski definition) is 1. The summed E-state index contributed by atoms with van der Waals surface area (Å²) in [7, 11) is 1.53. The predicted octanol–water partition coefficient (Wildman–Crippen LogP) is 3.09. The summed E-state index contributed by atoms with van der Waals surface area (Å²) in [6.07, 6.45) is -0.540. The number of benzene rings is 2. The minimum absolute atomic E-state index is 0.312. The van der Waals surface area contributed by atoms with Gasteiger partial charge in [-0.25, -0.2) is 13.2 Å². The average molecular weight is 336 g/mol. The maximum atomic E-state index is 13.5. The monoisotopic (exact) mass is 336 g/mol. The molecule has 0 aromatic heterocycles. The third-order valence-electron chi connectivity index (χ3n) is 3.31. The van der Waals surface area contributed by atoms with E-state index in [1.165, 1.54) is 11.9 Å². The van der Waals surface area contributed by atoms with E-state index in [0.29, 0.717) is 12.6 Å². The van der Waals surface area contributed by atoms with Gasteiger partial charge in [0.1, 0.15) is 6.42 Å². The van der Waals surface area contributed by atoms with Crippen LogP contribution in [0.15, 0.2) is 42.5 Å². The van der Waals surface area contributed by atoms with Gasteiger partial charge in [0.15, 0.2) is 17.5 Å². The van der Waals surface area contributed by atoms with Gasteiger partial charge < -0.3 is 10.2 Å². The third-order valence-corrected chi connectivity index (χ3v) is 3.31. The molecule has 0 unspecified atom stereocenters. The number of nitrogens with one attached hydrogen (secondary N) is 1. The number of anilines is 1. The summed E-state index contributed by atoms with van der Waals surface area (Å²) in [4.78, 5) is 25.1. The van der Waals surface area contributed by atoms with Crippen molar-refractivity contribution in [2.24, 2.45) is 0 Å². The Labute approximate surface area is 136 Å². The molecule has 7 heteroatoms. The Morgan fingerprint density at radius 3 is 2.33 bits per heavy atom. The molecule has 0 saturated heterocycles. The van der Waals surface area contributed by atoms with E-state index < -0.39 is 41.4 Å². The first-order valence-electron chi connectivity index (χ1n) is 7.09. The van der Waals surface area contributed by atoms with Crippen molar-refractivity contribution in [1.82, 2.24) is 4.90 Å². The highest BCUT2D eigenvalue weighted by molar-refractivity contribution is 6.03. The molecule has 2 aromatic rings. The number of carbonyl (C=O) groups is 2. The van der Waals surface area contributed by atoms with Gasteiger partial charge in [-0.1, -0.05) is 30.3 Å². The van der Waals surface area contributed by atoms with E-state index in [-0.39, 0.29) is 0 Å². The first kappa shape index (κ1) is 17.5. The molecular weight excluding hydrogens is 321 g/mol. The van der Waals surface area contributed by atoms with Crippen LogP contribution in [0.3, 0.4) is 0 Å². The van der Waals surface area contributed by atoms with Crippen molar-refractivity contribution in [3.8, 4) is 0 Å². The Hall–Kier alpha value is -2.83. The van der Waals surface area contributed by atoms with Crippen LogP contribution in [0, 0.1) is 17.5 Å². The van der Waals surface area contributed by atoms with Crippen LogP contribution in [0.25, 0.3) is 0 Å². The molecule has 0 saturated carbocycles. The first-order chi connectivity index (χ1) is 11.4. The number of halogens is 3. The van der Waals surface area contributed by atoms with E-state index in [1.807, 2.05) is 30.3 Å². The molecule has 0 spiro atoms. The molecule has 0 heterocycles. The zero-order valence-corrected chi connectivity index (χ0v) is 12.9. The molecule has 2 amide bonds. The molecule has 1 N–H and O–H groups in total. The van der Waals surface area contributed by atoms with Crippen molar-refractivity contribution in [1.29, 1.82) is 0 Å². The number of rotatable bonds is 5. The van der Waals surface area contributed by atoms with Gasteiger partial charge in [-0.3, -0.25) is 9.59 Å². The van der Waals surface area contributed by atoms with Crippen LogP contribution in [-0.4, -0.2) is 23.8 Å². The predicted molar refractivity (Wildman–Crippen MR) is 82.5 cm³/mol. The molecule has 0 fully saturated rings. The lowest BCUT2D eigenvalue weighted by molar-refractivity contribution is -0.134. The van der Waals surface area contributed by atoms with E-state index in [0.717, 1.165) is 11.6 Å². The molecule has 0 radical (unpaired) electrons. The summed E-state index contributed by atoms with van der Waals surface area (Å²) in [6.45, 7) is 0.312. The Morgan fingerprint density at radius 2 is 1.67 bits per heavy atom. The highest BCUT2D eigenvalue weighted by atomic mass is 19.2. The first-order valence-corrected chi connectivity index (χ1v) is 7.09. The largest absolute Gasteiger partial charge is 0.341 e. The second-order valence-corrected chi connectivity index (χ2v) is 5.18. The van der Waals surface area contributed by atoms with Gasteiger partial charge in [0, 0.05) is 13.6 Å². The smallest absolute Gasteiger partial charge is 0.233 e. The van der Waals surface area contributed by atoms with E-state index in [2.05, 4.69) is 5.32 Å². The molecule has 0 bridgehead atoms. The van der Waals surface area contributed by atoms with Crippen LogP contribution in [0.1, 0.15) is 12.0 Å². The fourth-order valence-corrected chi connectivity index (χ4v) is 2.03. The molecule has 4 nitrogen and oxygen atoms in total. The summed E-state index contributed by atoms with van der Waals surface area (Å²) in [5, 5.41) is 2.06. The SMILES string of the molecule is CN(Cc1ccccc1)C(=O)CC(=O)Nc1ccc(F)c(F)c1F. The van der Waals surface area contributed by atoms with Crippen molar-refractivity contribution in [2.45, 2.75) is 13.0 Å². The molecule has 2 rings (SSSR count).